The lowest BCUT2D eigenvalue weighted by molar-refractivity contribution is -0.122. The number of aryl methyl sites for hydroxylation is 1. The standard InChI is InChI=1S/C23H16ClN7O4.CH2O2/c24-14-1-3-18(30-11-26-28-29-30)16(8-14)12-5-15-2-4-19(31(15)21(32)7-12)22-25-9-17(27-22)20-6-13(10-35-20)23(33)34;2-1-3/h1,3,5-11,19H,2,4H2,(H,25,27)(H,33,34);1H,(H,2,3)/t19-;/m0./s1. The zero-order chi connectivity index (χ0) is 26.8. The number of nitrogens with zero attached hydrogens (tertiary/aromatic N) is 6. The van der Waals surface area contributed by atoms with Crippen molar-refractivity contribution in [3.05, 3.63) is 87.6 Å². The first kappa shape index (κ1) is 24.6. The first-order valence-electron chi connectivity index (χ1n) is 11.1. The Kier molecular flexibility index (Phi) is 6.58. The van der Waals surface area contributed by atoms with Crippen LogP contribution in [0.3, 0.4) is 0 Å². The summed E-state index contributed by atoms with van der Waals surface area (Å²) in [4.78, 5) is 40.4. The van der Waals surface area contributed by atoms with E-state index in [2.05, 4.69) is 25.5 Å². The van der Waals surface area contributed by atoms with Gasteiger partial charge in [-0.3, -0.25) is 9.59 Å². The zero-order valence-corrected chi connectivity index (χ0v) is 20.1. The number of aromatic amines is 1. The van der Waals surface area contributed by atoms with Crippen molar-refractivity contribution < 1.29 is 24.2 Å². The van der Waals surface area contributed by atoms with Gasteiger partial charge in [0, 0.05) is 28.4 Å². The van der Waals surface area contributed by atoms with E-state index in [4.69, 9.17) is 31.0 Å². The van der Waals surface area contributed by atoms with Crippen LogP contribution in [0.2, 0.25) is 5.02 Å². The maximum Gasteiger partial charge on any atom is 0.338 e. The van der Waals surface area contributed by atoms with Crippen LogP contribution in [0.25, 0.3) is 28.3 Å². The summed E-state index contributed by atoms with van der Waals surface area (Å²) < 4.78 is 8.59. The van der Waals surface area contributed by atoms with Crippen molar-refractivity contribution in [1.29, 1.82) is 0 Å². The number of benzene rings is 1. The molecule has 1 aliphatic heterocycles. The summed E-state index contributed by atoms with van der Waals surface area (Å²) in [7, 11) is 0. The number of halogens is 1. The number of rotatable bonds is 5. The lowest BCUT2D eigenvalue weighted by atomic mass is 10.0. The molecule has 6 rings (SSSR count). The van der Waals surface area contributed by atoms with Gasteiger partial charge in [-0.1, -0.05) is 11.6 Å². The molecule has 0 amide bonds. The molecule has 13 nitrogen and oxygen atoms in total. The Labute approximate surface area is 217 Å². The molecule has 5 heterocycles. The summed E-state index contributed by atoms with van der Waals surface area (Å²) in [5, 5.41) is 27.9. The maximum atomic E-state index is 13.3. The fraction of sp³-hybridized carbons (Fsp3) is 0.125. The van der Waals surface area contributed by atoms with Gasteiger partial charge in [0.25, 0.3) is 12.0 Å². The number of pyridine rings is 1. The Hall–Kier alpha value is -5.04. The summed E-state index contributed by atoms with van der Waals surface area (Å²) in [6.07, 6.45) is 5.58. The second-order valence-electron chi connectivity index (χ2n) is 8.21. The highest BCUT2D eigenvalue weighted by Gasteiger charge is 2.28. The predicted octanol–water partition coefficient (Wildman–Crippen LogP) is 3.06. The predicted molar refractivity (Wildman–Crippen MR) is 132 cm³/mol. The van der Waals surface area contributed by atoms with E-state index in [1.165, 1.54) is 23.3 Å². The molecular weight excluding hydrogens is 518 g/mol. The maximum absolute atomic E-state index is 13.3. The lowest BCUT2D eigenvalue weighted by Gasteiger charge is -2.15. The molecule has 1 aliphatic rings. The van der Waals surface area contributed by atoms with E-state index in [9.17, 15) is 9.59 Å². The number of furan rings is 1. The van der Waals surface area contributed by atoms with Crippen LogP contribution in [0.1, 0.15) is 34.3 Å². The molecule has 0 saturated heterocycles. The Bertz CT molecular complexity index is 1690. The van der Waals surface area contributed by atoms with Gasteiger partial charge in [-0.25, -0.2) is 9.78 Å². The molecule has 0 bridgehead atoms. The molecular formula is C24H18ClN7O6. The Morgan fingerprint density at radius 1 is 1.24 bits per heavy atom. The number of nitrogens with one attached hydrogen (secondary N) is 1. The lowest BCUT2D eigenvalue weighted by Crippen LogP contribution is -2.23. The summed E-state index contributed by atoms with van der Waals surface area (Å²) in [6, 6.07) is 10.0. The SMILES string of the molecule is O=C(O)c1coc(-c2cnc([C@@H]3CCc4cc(-c5cc(Cl)ccc5-n5cnnn5)cc(=O)n43)[nH]2)c1.O=CO. The van der Waals surface area contributed by atoms with Crippen LogP contribution in [-0.2, 0) is 11.2 Å². The summed E-state index contributed by atoms with van der Waals surface area (Å²) in [5.74, 6) is -0.119. The van der Waals surface area contributed by atoms with E-state index in [0.29, 0.717) is 46.4 Å². The van der Waals surface area contributed by atoms with Crippen LogP contribution >= 0.6 is 11.6 Å². The monoisotopic (exact) mass is 535 g/mol. The van der Waals surface area contributed by atoms with Gasteiger partial charge >= 0.3 is 5.97 Å². The van der Waals surface area contributed by atoms with Crippen LogP contribution in [0.15, 0.2) is 64.4 Å². The fourth-order valence-corrected chi connectivity index (χ4v) is 4.61. The van der Waals surface area contributed by atoms with Crippen molar-refractivity contribution in [2.24, 2.45) is 0 Å². The molecule has 192 valence electrons. The topological polar surface area (TPSA) is 182 Å². The molecule has 0 radical (unpaired) electrons. The number of carboxylic acids is 1. The zero-order valence-electron chi connectivity index (χ0n) is 19.4. The minimum atomic E-state index is -1.07. The third-order valence-corrected chi connectivity index (χ3v) is 6.26. The van der Waals surface area contributed by atoms with E-state index in [0.717, 1.165) is 11.3 Å². The van der Waals surface area contributed by atoms with Crippen LogP contribution in [-0.4, -0.2) is 57.4 Å². The van der Waals surface area contributed by atoms with Gasteiger partial charge in [0.1, 0.15) is 24.1 Å². The van der Waals surface area contributed by atoms with Gasteiger partial charge in [0.15, 0.2) is 5.76 Å². The third-order valence-electron chi connectivity index (χ3n) is 6.02. The van der Waals surface area contributed by atoms with Crippen LogP contribution < -0.4 is 5.56 Å². The number of fused-ring (bicyclic) bond motifs is 1. The molecule has 0 spiro atoms. The number of hydrogen-bond donors (Lipinski definition) is 3. The van der Waals surface area contributed by atoms with Crippen molar-refractivity contribution in [2.45, 2.75) is 18.9 Å². The van der Waals surface area contributed by atoms with Gasteiger partial charge in [0.05, 0.1) is 23.5 Å². The number of carboxylic acid groups (broad SMARTS) is 2. The van der Waals surface area contributed by atoms with Gasteiger partial charge in [0.2, 0.25) is 0 Å². The third kappa shape index (κ3) is 4.57. The number of H-pyrrole nitrogens is 1. The summed E-state index contributed by atoms with van der Waals surface area (Å²) in [5.41, 5.74) is 3.43. The number of aromatic carboxylic acids is 1. The average molecular weight is 536 g/mol. The number of tetrazole rings is 1. The molecule has 0 aliphatic carbocycles. The van der Waals surface area contributed by atoms with E-state index in [1.54, 1.807) is 35.0 Å². The summed E-state index contributed by atoms with van der Waals surface area (Å²) >= 11 is 6.26. The Balaban J connectivity index is 0.000000937. The van der Waals surface area contributed by atoms with Gasteiger partial charge in [-0.2, -0.15) is 4.68 Å². The number of aromatic nitrogens is 7. The molecule has 1 atom stereocenters. The molecule has 1 aromatic carbocycles. The van der Waals surface area contributed by atoms with Gasteiger partial charge < -0.3 is 24.2 Å². The van der Waals surface area contributed by atoms with E-state index < -0.39 is 5.97 Å². The smallest absolute Gasteiger partial charge is 0.338 e. The second-order valence-corrected chi connectivity index (χ2v) is 8.64. The van der Waals surface area contributed by atoms with E-state index in [1.807, 2.05) is 6.07 Å². The van der Waals surface area contributed by atoms with E-state index in [-0.39, 0.29) is 23.6 Å². The quantitative estimate of drug-likeness (QED) is 0.283. The number of imidazole rings is 1. The summed E-state index contributed by atoms with van der Waals surface area (Å²) in [6.45, 7) is -0.250. The molecule has 38 heavy (non-hydrogen) atoms. The molecule has 3 N–H and O–H groups in total. The first-order valence-corrected chi connectivity index (χ1v) is 11.5. The molecule has 0 fully saturated rings. The van der Waals surface area contributed by atoms with Crippen molar-refractivity contribution >= 4 is 24.0 Å². The molecule has 0 unspecified atom stereocenters. The number of carbonyl (C=O) groups is 2. The molecule has 5 aromatic rings. The van der Waals surface area contributed by atoms with E-state index >= 15 is 0 Å². The Morgan fingerprint density at radius 2 is 2.05 bits per heavy atom. The first-order chi connectivity index (χ1) is 18.4. The van der Waals surface area contributed by atoms with Crippen molar-refractivity contribution in [1.82, 2.24) is 34.7 Å². The van der Waals surface area contributed by atoms with Gasteiger partial charge in [-0.15, -0.1) is 5.10 Å². The van der Waals surface area contributed by atoms with Gasteiger partial charge in [-0.05, 0) is 53.1 Å². The fourth-order valence-electron chi connectivity index (χ4n) is 4.44. The highest BCUT2D eigenvalue weighted by Crippen LogP contribution is 2.34. The molecule has 14 heteroatoms. The highest BCUT2D eigenvalue weighted by atomic mass is 35.5. The van der Waals surface area contributed by atoms with Crippen LogP contribution in [0.5, 0.6) is 0 Å². The molecule has 4 aromatic heterocycles. The second kappa shape index (κ2) is 10.1. The average Bonchev–Trinajstić information content (AvgIpc) is 3.70. The van der Waals surface area contributed by atoms with Crippen LogP contribution in [0.4, 0.5) is 0 Å². The van der Waals surface area contributed by atoms with Crippen molar-refractivity contribution in [2.75, 3.05) is 0 Å². The normalized spacial score (nSPS) is 14.0. The van der Waals surface area contributed by atoms with Crippen molar-refractivity contribution in [3.8, 4) is 28.3 Å². The van der Waals surface area contributed by atoms with Crippen molar-refractivity contribution in [3.63, 3.8) is 0 Å². The number of hydrogen-bond acceptors (Lipinski definition) is 8. The minimum Gasteiger partial charge on any atom is -0.483 e. The minimum absolute atomic E-state index is 0.0492. The van der Waals surface area contributed by atoms with Crippen LogP contribution in [0, 0.1) is 0 Å². The largest absolute Gasteiger partial charge is 0.483 e. The molecule has 0 saturated carbocycles. The highest BCUT2D eigenvalue weighted by molar-refractivity contribution is 6.31. The Morgan fingerprint density at radius 3 is 2.76 bits per heavy atom.